The highest BCUT2D eigenvalue weighted by Crippen LogP contribution is 2.29. The van der Waals surface area contributed by atoms with Gasteiger partial charge in [0.25, 0.3) is 0 Å². The van der Waals surface area contributed by atoms with Crippen molar-refractivity contribution in [3.05, 3.63) is 53.5 Å². The van der Waals surface area contributed by atoms with E-state index < -0.39 is 0 Å². The second-order valence-electron chi connectivity index (χ2n) is 7.86. The van der Waals surface area contributed by atoms with E-state index in [-0.39, 0.29) is 24.3 Å². The summed E-state index contributed by atoms with van der Waals surface area (Å²) in [5.41, 5.74) is 4.16. The van der Waals surface area contributed by atoms with Gasteiger partial charge in [0.15, 0.2) is 0 Å². The van der Waals surface area contributed by atoms with Crippen LogP contribution in [0.5, 0.6) is 0 Å². The monoisotopic (exact) mass is 437 g/mol. The molecule has 1 aliphatic rings. The maximum absolute atomic E-state index is 13.0. The summed E-state index contributed by atoms with van der Waals surface area (Å²) in [5.74, 6) is -0.410. The van der Waals surface area contributed by atoms with Gasteiger partial charge in [0, 0.05) is 30.2 Å². The number of aromatic nitrogens is 2. The Labute approximate surface area is 186 Å². The molecule has 2 aromatic heterocycles. The molecule has 6 nitrogen and oxygen atoms in total. The number of carbonyl (C=O) groups excluding carboxylic acids is 2. The molecule has 1 saturated heterocycles. The summed E-state index contributed by atoms with van der Waals surface area (Å²) in [6.07, 6.45) is 3.51. The average molecular weight is 438 g/mol. The predicted octanol–water partition coefficient (Wildman–Crippen LogP) is 4.39. The van der Waals surface area contributed by atoms with Crippen molar-refractivity contribution in [2.45, 2.75) is 33.2 Å². The number of benzene rings is 1. The largest absolute Gasteiger partial charge is 0.466 e. The minimum Gasteiger partial charge on any atom is -0.466 e. The van der Waals surface area contributed by atoms with E-state index >= 15 is 0 Å². The number of hydrogen-bond acceptors (Lipinski definition) is 5. The van der Waals surface area contributed by atoms with Gasteiger partial charge < -0.3 is 14.2 Å². The van der Waals surface area contributed by atoms with Gasteiger partial charge in [-0.05, 0) is 38.8 Å². The minimum atomic E-state index is -0.224. The fourth-order valence-electron chi connectivity index (χ4n) is 3.90. The highest BCUT2D eigenvalue weighted by Gasteiger charge is 2.29. The molecule has 3 aromatic rings. The number of ether oxygens (including phenoxy) is 1. The lowest BCUT2D eigenvalue weighted by Gasteiger charge is -2.31. The molecular formula is C24H27N3O3S. The summed E-state index contributed by atoms with van der Waals surface area (Å²) in [6.45, 7) is 5.59. The van der Waals surface area contributed by atoms with Crippen molar-refractivity contribution in [2.75, 3.05) is 19.7 Å². The van der Waals surface area contributed by atoms with Gasteiger partial charge in [0.05, 0.1) is 23.9 Å². The molecule has 7 heteroatoms. The molecule has 1 unspecified atom stereocenters. The summed E-state index contributed by atoms with van der Waals surface area (Å²) >= 11 is 1.57. The van der Waals surface area contributed by atoms with Crippen LogP contribution in [-0.4, -0.2) is 46.0 Å². The fraction of sp³-hybridized carbons (Fsp3) is 0.375. The van der Waals surface area contributed by atoms with Gasteiger partial charge >= 0.3 is 5.97 Å². The van der Waals surface area contributed by atoms with E-state index in [0.717, 1.165) is 34.8 Å². The zero-order valence-electron chi connectivity index (χ0n) is 17.9. The molecule has 1 aliphatic heterocycles. The number of hydrogen-bond donors (Lipinski definition) is 0. The van der Waals surface area contributed by atoms with Gasteiger partial charge in [-0.3, -0.25) is 9.59 Å². The van der Waals surface area contributed by atoms with Crippen molar-refractivity contribution in [1.82, 2.24) is 14.5 Å². The first-order valence-electron chi connectivity index (χ1n) is 10.7. The van der Waals surface area contributed by atoms with E-state index in [4.69, 9.17) is 9.72 Å². The van der Waals surface area contributed by atoms with E-state index in [2.05, 4.69) is 31.2 Å². The SMILES string of the molecule is CCOC(=O)C1CCCN(C(=O)Cn2cccc2-c2nc(-c3ccc(C)cc3)cs2)C1. The van der Waals surface area contributed by atoms with Crippen molar-refractivity contribution in [1.29, 1.82) is 0 Å². The normalized spacial score (nSPS) is 16.3. The second-order valence-corrected chi connectivity index (χ2v) is 8.71. The maximum atomic E-state index is 13.0. The van der Waals surface area contributed by atoms with Gasteiger partial charge in [-0.25, -0.2) is 4.98 Å². The van der Waals surface area contributed by atoms with Gasteiger partial charge in [-0.2, -0.15) is 0 Å². The van der Waals surface area contributed by atoms with Crippen molar-refractivity contribution >= 4 is 23.2 Å². The maximum Gasteiger partial charge on any atom is 0.310 e. The van der Waals surface area contributed by atoms with Crippen molar-refractivity contribution < 1.29 is 14.3 Å². The molecule has 0 N–H and O–H groups in total. The molecule has 1 fully saturated rings. The molecule has 31 heavy (non-hydrogen) atoms. The minimum absolute atomic E-state index is 0.0155. The van der Waals surface area contributed by atoms with E-state index in [1.165, 1.54) is 5.56 Å². The Hall–Kier alpha value is -2.93. The zero-order chi connectivity index (χ0) is 21.8. The van der Waals surface area contributed by atoms with Crippen LogP contribution in [0.25, 0.3) is 22.0 Å². The number of rotatable bonds is 6. The Balaban J connectivity index is 1.46. The molecule has 1 atom stereocenters. The van der Waals surface area contributed by atoms with Crippen LogP contribution in [0.2, 0.25) is 0 Å². The molecule has 1 aromatic carbocycles. The van der Waals surface area contributed by atoms with Gasteiger partial charge in [-0.15, -0.1) is 11.3 Å². The highest BCUT2D eigenvalue weighted by atomic mass is 32.1. The molecule has 3 heterocycles. The number of likely N-dealkylation sites (tertiary alicyclic amines) is 1. The van der Waals surface area contributed by atoms with Crippen molar-refractivity contribution in [2.24, 2.45) is 5.92 Å². The second kappa shape index (κ2) is 9.47. The van der Waals surface area contributed by atoms with Crippen molar-refractivity contribution in [3.8, 4) is 22.0 Å². The van der Waals surface area contributed by atoms with Crippen LogP contribution in [0.3, 0.4) is 0 Å². The topological polar surface area (TPSA) is 64.4 Å². The third-order valence-corrected chi connectivity index (χ3v) is 6.46. The number of esters is 1. The third-order valence-electron chi connectivity index (χ3n) is 5.60. The van der Waals surface area contributed by atoms with Crippen molar-refractivity contribution in [3.63, 3.8) is 0 Å². The van der Waals surface area contributed by atoms with Crippen LogP contribution in [0, 0.1) is 12.8 Å². The molecule has 0 aliphatic carbocycles. The first kappa shape index (κ1) is 21.3. The summed E-state index contributed by atoms with van der Waals surface area (Å²) in [6, 6.07) is 12.2. The Morgan fingerprint density at radius 2 is 2.03 bits per heavy atom. The highest BCUT2D eigenvalue weighted by molar-refractivity contribution is 7.13. The Bertz CT molecular complexity index is 1050. The van der Waals surface area contributed by atoms with Crippen LogP contribution in [0.4, 0.5) is 0 Å². The fourth-order valence-corrected chi connectivity index (χ4v) is 4.77. The molecule has 1 amide bonds. The smallest absolute Gasteiger partial charge is 0.310 e. The number of nitrogens with zero attached hydrogens (tertiary/aromatic N) is 3. The summed E-state index contributed by atoms with van der Waals surface area (Å²) in [4.78, 5) is 31.6. The van der Waals surface area contributed by atoms with Gasteiger partial charge in [0.1, 0.15) is 11.6 Å². The van der Waals surface area contributed by atoms with Gasteiger partial charge in [-0.1, -0.05) is 29.8 Å². The van der Waals surface area contributed by atoms with Crippen LogP contribution in [0.1, 0.15) is 25.3 Å². The molecular weight excluding hydrogens is 410 g/mol. The van der Waals surface area contributed by atoms with E-state index in [9.17, 15) is 9.59 Å². The lowest BCUT2D eigenvalue weighted by molar-refractivity contribution is -0.151. The first-order valence-corrected chi connectivity index (χ1v) is 11.6. The summed E-state index contributed by atoms with van der Waals surface area (Å²) < 4.78 is 7.09. The molecule has 0 saturated carbocycles. The van der Waals surface area contributed by atoms with Crippen LogP contribution in [-0.2, 0) is 20.9 Å². The van der Waals surface area contributed by atoms with Crippen LogP contribution < -0.4 is 0 Å². The number of piperidine rings is 1. The number of aryl methyl sites for hydroxylation is 1. The zero-order valence-corrected chi connectivity index (χ0v) is 18.7. The first-order chi connectivity index (χ1) is 15.0. The average Bonchev–Trinajstić information content (AvgIpc) is 3.44. The van der Waals surface area contributed by atoms with Crippen LogP contribution in [0.15, 0.2) is 48.0 Å². The quantitative estimate of drug-likeness (QED) is 0.537. The standard InChI is InChI=1S/C24H27N3O3S/c1-3-30-24(29)19-6-4-13-27(14-19)22(28)15-26-12-5-7-21(26)23-25-20(16-31-23)18-10-8-17(2)9-11-18/h5,7-12,16,19H,3-4,6,13-15H2,1-2H3. The molecule has 0 bridgehead atoms. The summed E-state index contributed by atoms with van der Waals surface area (Å²) in [7, 11) is 0. The van der Waals surface area contributed by atoms with E-state index in [1.807, 2.05) is 28.3 Å². The Morgan fingerprint density at radius 1 is 1.23 bits per heavy atom. The number of thiazole rings is 1. The van der Waals surface area contributed by atoms with E-state index in [0.29, 0.717) is 19.7 Å². The number of amides is 1. The third kappa shape index (κ3) is 4.88. The Kier molecular flexibility index (Phi) is 6.51. The summed E-state index contributed by atoms with van der Waals surface area (Å²) in [5, 5.41) is 2.93. The van der Waals surface area contributed by atoms with Crippen LogP contribution >= 0.6 is 11.3 Å². The Morgan fingerprint density at radius 3 is 2.81 bits per heavy atom. The molecule has 4 rings (SSSR count). The van der Waals surface area contributed by atoms with Gasteiger partial charge in [0.2, 0.25) is 5.91 Å². The predicted molar refractivity (Wildman–Crippen MR) is 122 cm³/mol. The molecule has 0 radical (unpaired) electrons. The molecule has 162 valence electrons. The lowest BCUT2D eigenvalue weighted by Crippen LogP contribution is -2.44. The van der Waals surface area contributed by atoms with E-state index in [1.54, 1.807) is 23.2 Å². The lowest BCUT2D eigenvalue weighted by atomic mass is 9.98. The molecule has 0 spiro atoms. The number of carbonyl (C=O) groups is 2.